The summed E-state index contributed by atoms with van der Waals surface area (Å²) < 4.78 is 0. The van der Waals surface area contributed by atoms with Crippen molar-refractivity contribution in [3.8, 4) is 17.0 Å². The fraction of sp³-hybridized carbons (Fsp3) is 0.0667. The van der Waals surface area contributed by atoms with E-state index in [4.69, 9.17) is 0 Å². The first kappa shape index (κ1) is 12.6. The summed E-state index contributed by atoms with van der Waals surface area (Å²) in [7, 11) is 0. The summed E-state index contributed by atoms with van der Waals surface area (Å²) in [6, 6.07) is 9.34. The quantitative estimate of drug-likeness (QED) is 0.763. The van der Waals surface area contributed by atoms with Crippen molar-refractivity contribution in [1.82, 2.24) is 9.97 Å². The third-order valence-corrected chi connectivity index (χ3v) is 3.70. The molecule has 0 saturated heterocycles. The van der Waals surface area contributed by atoms with Gasteiger partial charge in [0.1, 0.15) is 5.75 Å². The van der Waals surface area contributed by atoms with Crippen LogP contribution >= 0.6 is 11.3 Å². The molecule has 4 nitrogen and oxygen atoms in total. The van der Waals surface area contributed by atoms with Crippen molar-refractivity contribution < 1.29 is 5.11 Å². The highest BCUT2D eigenvalue weighted by molar-refractivity contribution is 7.14. The zero-order valence-electron chi connectivity index (χ0n) is 10.9. The molecule has 0 aliphatic heterocycles. The Hall–Kier alpha value is -2.40. The molecule has 3 aromatic rings. The monoisotopic (exact) mass is 283 g/mol. The smallest absolute Gasteiger partial charge is 0.187 e. The van der Waals surface area contributed by atoms with Gasteiger partial charge >= 0.3 is 0 Å². The van der Waals surface area contributed by atoms with E-state index in [1.165, 1.54) is 11.3 Å². The van der Waals surface area contributed by atoms with Crippen LogP contribution in [0.2, 0.25) is 0 Å². The van der Waals surface area contributed by atoms with Crippen molar-refractivity contribution in [2.24, 2.45) is 0 Å². The minimum atomic E-state index is 0.279. The van der Waals surface area contributed by atoms with Crippen LogP contribution in [0.3, 0.4) is 0 Å². The zero-order chi connectivity index (χ0) is 13.9. The second-order valence-corrected chi connectivity index (χ2v) is 5.26. The van der Waals surface area contributed by atoms with Gasteiger partial charge in [0.25, 0.3) is 0 Å². The topological polar surface area (TPSA) is 58.0 Å². The first-order valence-electron chi connectivity index (χ1n) is 6.15. The first-order valence-corrected chi connectivity index (χ1v) is 7.03. The molecule has 0 bridgehead atoms. The number of pyridine rings is 1. The molecule has 0 spiro atoms. The molecule has 0 radical (unpaired) electrons. The number of thiazole rings is 1. The van der Waals surface area contributed by atoms with E-state index in [1.807, 2.05) is 36.6 Å². The maximum absolute atomic E-state index is 9.70. The number of rotatable bonds is 3. The van der Waals surface area contributed by atoms with Crippen LogP contribution in [0.4, 0.5) is 10.8 Å². The average Bonchev–Trinajstić information content (AvgIpc) is 2.92. The molecule has 5 heteroatoms. The lowest BCUT2D eigenvalue weighted by Crippen LogP contribution is -1.90. The Kier molecular flexibility index (Phi) is 3.35. The second-order valence-electron chi connectivity index (χ2n) is 4.40. The van der Waals surface area contributed by atoms with Crippen molar-refractivity contribution in [1.29, 1.82) is 0 Å². The normalized spacial score (nSPS) is 10.4. The van der Waals surface area contributed by atoms with Gasteiger partial charge < -0.3 is 10.4 Å². The lowest BCUT2D eigenvalue weighted by molar-refractivity contribution is 0.471. The summed E-state index contributed by atoms with van der Waals surface area (Å²) in [5, 5.41) is 15.7. The largest absolute Gasteiger partial charge is 0.508 e. The molecular formula is C15H13N3OS. The van der Waals surface area contributed by atoms with Gasteiger partial charge in [-0.25, -0.2) is 4.98 Å². The molecule has 2 N–H and O–H groups in total. The molecule has 2 aromatic heterocycles. The molecule has 0 fully saturated rings. The summed E-state index contributed by atoms with van der Waals surface area (Å²) >= 11 is 1.53. The van der Waals surface area contributed by atoms with E-state index in [-0.39, 0.29) is 5.75 Å². The van der Waals surface area contributed by atoms with E-state index in [2.05, 4.69) is 15.3 Å². The molecule has 0 aliphatic carbocycles. The van der Waals surface area contributed by atoms with Crippen LogP contribution in [-0.2, 0) is 0 Å². The van der Waals surface area contributed by atoms with Crippen LogP contribution in [0, 0.1) is 6.92 Å². The van der Waals surface area contributed by atoms with Gasteiger partial charge in [0.2, 0.25) is 0 Å². The maximum atomic E-state index is 9.70. The van der Waals surface area contributed by atoms with Gasteiger partial charge in [-0.15, -0.1) is 11.3 Å². The molecule has 2 heterocycles. The van der Waals surface area contributed by atoms with Crippen molar-refractivity contribution in [3.63, 3.8) is 0 Å². The number of aromatic nitrogens is 2. The van der Waals surface area contributed by atoms with Gasteiger partial charge in [0.05, 0.1) is 5.69 Å². The number of nitrogens with one attached hydrogen (secondary N) is 1. The molecule has 0 atom stereocenters. The van der Waals surface area contributed by atoms with E-state index >= 15 is 0 Å². The third kappa shape index (κ3) is 2.62. The molecule has 100 valence electrons. The summed E-state index contributed by atoms with van der Waals surface area (Å²) in [6.07, 6.45) is 3.50. The number of aryl methyl sites for hydroxylation is 1. The van der Waals surface area contributed by atoms with Crippen molar-refractivity contribution in [2.45, 2.75) is 6.92 Å². The lowest BCUT2D eigenvalue weighted by Gasteiger charge is -2.04. The number of phenols is 1. The lowest BCUT2D eigenvalue weighted by atomic mass is 10.2. The van der Waals surface area contributed by atoms with Crippen LogP contribution in [0.25, 0.3) is 11.3 Å². The van der Waals surface area contributed by atoms with Gasteiger partial charge in [0.15, 0.2) is 5.13 Å². The number of benzene rings is 1. The minimum Gasteiger partial charge on any atom is -0.508 e. The predicted molar refractivity (Wildman–Crippen MR) is 81.5 cm³/mol. The van der Waals surface area contributed by atoms with E-state index in [9.17, 15) is 5.11 Å². The molecule has 1 aromatic carbocycles. The first-order chi connectivity index (χ1) is 9.72. The average molecular weight is 283 g/mol. The van der Waals surface area contributed by atoms with E-state index < -0.39 is 0 Å². The van der Waals surface area contributed by atoms with Gasteiger partial charge in [0, 0.05) is 35.1 Å². The minimum absolute atomic E-state index is 0.279. The highest BCUT2D eigenvalue weighted by Gasteiger charge is 2.05. The van der Waals surface area contributed by atoms with E-state index in [1.54, 1.807) is 18.5 Å². The summed E-state index contributed by atoms with van der Waals surface area (Å²) in [5.41, 5.74) is 3.63. The van der Waals surface area contributed by atoms with E-state index in [0.29, 0.717) is 0 Å². The Morgan fingerprint density at radius 2 is 1.95 bits per heavy atom. The third-order valence-electron chi connectivity index (χ3n) is 2.94. The highest BCUT2D eigenvalue weighted by atomic mass is 32.1. The number of hydrogen-bond donors (Lipinski definition) is 2. The molecule has 0 aliphatic rings. The standard InChI is InChI=1S/C15H13N3OS/c1-10-2-3-12(8-14(10)19)17-15-18-13(9-20-15)11-4-6-16-7-5-11/h2-9,19H,1H3,(H,17,18). The van der Waals surface area contributed by atoms with Gasteiger partial charge in [-0.05, 0) is 30.7 Å². The van der Waals surface area contributed by atoms with Crippen molar-refractivity contribution in [3.05, 3.63) is 53.7 Å². The molecule has 0 amide bonds. The predicted octanol–water partition coefficient (Wildman–Crippen LogP) is 3.96. The fourth-order valence-electron chi connectivity index (χ4n) is 1.80. The highest BCUT2D eigenvalue weighted by Crippen LogP contribution is 2.28. The number of anilines is 2. The number of hydrogen-bond acceptors (Lipinski definition) is 5. The Balaban J connectivity index is 1.82. The van der Waals surface area contributed by atoms with Crippen LogP contribution in [0.5, 0.6) is 5.75 Å². The van der Waals surface area contributed by atoms with Crippen LogP contribution in [0.1, 0.15) is 5.56 Å². The Morgan fingerprint density at radius 1 is 1.15 bits per heavy atom. The fourth-order valence-corrected chi connectivity index (χ4v) is 2.54. The Labute approximate surface area is 120 Å². The van der Waals surface area contributed by atoms with Gasteiger partial charge in [-0.1, -0.05) is 6.07 Å². The molecule has 0 unspecified atom stereocenters. The molecule has 3 rings (SSSR count). The summed E-state index contributed by atoms with van der Waals surface area (Å²) in [5.74, 6) is 0.279. The van der Waals surface area contributed by atoms with E-state index in [0.717, 1.165) is 27.6 Å². The van der Waals surface area contributed by atoms with Crippen molar-refractivity contribution >= 4 is 22.2 Å². The van der Waals surface area contributed by atoms with Crippen molar-refractivity contribution in [2.75, 3.05) is 5.32 Å². The number of nitrogens with zero attached hydrogens (tertiary/aromatic N) is 2. The zero-order valence-corrected chi connectivity index (χ0v) is 11.7. The summed E-state index contributed by atoms with van der Waals surface area (Å²) in [4.78, 5) is 8.52. The Morgan fingerprint density at radius 3 is 2.70 bits per heavy atom. The SMILES string of the molecule is Cc1ccc(Nc2nc(-c3ccncc3)cs2)cc1O. The number of aromatic hydroxyl groups is 1. The van der Waals surface area contributed by atoms with Crippen LogP contribution in [-0.4, -0.2) is 15.1 Å². The second kappa shape index (κ2) is 5.30. The van der Waals surface area contributed by atoms with Gasteiger partial charge in [-0.2, -0.15) is 0 Å². The van der Waals surface area contributed by atoms with Crippen LogP contribution in [0.15, 0.2) is 48.1 Å². The molecule has 0 saturated carbocycles. The molecular weight excluding hydrogens is 270 g/mol. The number of phenolic OH excluding ortho intramolecular Hbond substituents is 1. The molecule has 20 heavy (non-hydrogen) atoms. The maximum Gasteiger partial charge on any atom is 0.187 e. The Bertz CT molecular complexity index is 725. The van der Waals surface area contributed by atoms with Crippen LogP contribution < -0.4 is 5.32 Å². The van der Waals surface area contributed by atoms with Gasteiger partial charge in [-0.3, -0.25) is 4.98 Å². The summed E-state index contributed by atoms with van der Waals surface area (Å²) in [6.45, 7) is 1.87.